The molecule has 6 rings (SSSR count). The van der Waals surface area contributed by atoms with Crippen LogP contribution in [0, 0.1) is 0 Å². The summed E-state index contributed by atoms with van der Waals surface area (Å²) in [6.07, 6.45) is 3.42. The highest BCUT2D eigenvalue weighted by molar-refractivity contribution is 7.28. The van der Waals surface area contributed by atoms with E-state index in [2.05, 4.69) is 70.2 Å². The zero-order valence-electron chi connectivity index (χ0n) is 23.2. The van der Waals surface area contributed by atoms with Crippen LogP contribution in [-0.2, 0) is 6.54 Å². The third kappa shape index (κ3) is 5.61. The van der Waals surface area contributed by atoms with Gasteiger partial charge < -0.3 is 10.1 Å². The molecule has 0 saturated heterocycles. The highest BCUT2D eigenvalue weighted by atomic mass is 35.5. The molecule has 5 aromatic rings. The first-order valence-electron chi connectivity index (χ1n) is 13.3. The Kier molecular flexibility index (Phi) is 7.33. The quantitative estimate of drug-likeness (QED) is 0.197. The summed E-state index contributed by atoms with van der Waals surface area (Å²) in [5.41, 5.74) is 5.80. The number of anilines is 2. The van der Waals surface area contributed by atoms with Gasteiger partial charge in [0, 0.05) is 29.5 Å². The van der Waals surface area contributed by atoms with E-state index < -0.39 is 8.07 Å². The van der Waals surface area contributed by atoms with Crippen molar-refractivity contribution in [3.63, 3.8) is 0 Å². The van der Waals surface area contributed by atoms with Crippen molar-refractivity contribution < 1.29 is 4.74 Å². The smallest absolute Gasteiger partial charge is 0.228 e. The van der Waals surface area contributed by atoms with E-state index in [4.69, 9.17) is 21.4 Å². The summed E-state index contributed by atoms with van der Waals surface area (Å²) in [7, 11) is 0.214. The molecule has 0 atom stereocenters. The van der Waals surface area contributed by atoms with Gasteiger partial charge in [-0.25, -0.2) is 15.0 Å². The Hall–Kier alpha value is -4.05. The van der Waals surface area contributed by atoms with Crippen molar-refractivity contribution in [2.24, 2.45) is 5.10 Å². The van der Waals surface area contributed by atoms with Crippen LogP contribution in [0.4, 0.5) is 11.6 Å². The number of thiophene rings is 1. The van der Waals surface area contributed by atoms with Crippen LogP contribution in [0.3, 0.4) is 0 Å². The second-order valence-electron chi connectivity index (χ2n) is 10.7. The number of hydrogen-bond acceptors (Lipinski definition) is 8. The molecule has 3 aromatic heterocycles. The van der Waals surface area contributed by atoms with Gasteiger partial charge in [-0.1, -0.05) is 55.5 Å². The summed E-state index contributed by atoms with van der Waals surface area (Å²) in [5.74, 6) is 1.68. The van der Waals surface area contributed by atoms with Gasteiger partial charge in [0.25, 0.3) is 0 Å². The molecule has 206 valence electrons. The highest BCUT2D eigenvalue weighted by Gasteiger charge is 2.27. The summed E-state index contributed by atoms with van der Waals surface area (Å²) in [4.78, 5) is 14.3. The number of nitrogens with zero attached hydrogens (tertiary/aromatic N) is 5. The van der Waals surface area contributed by atoms with Gasteiger partial charge in [-0.15, -0.1) is 11.3 Å². The zero-order chi connectivity index (χ0) is 28.6. The number of nitrogens with one attached hydrogen (secondary N) is 1. The van der Waals surface area contributed by atoms with Crippen LogP contribution in [-0.4, -0.2) is 35.8 Å². The Morgan fingerprint density at radius 3 is 2.46 bits per heavy atom. The van der Waals surface area contributed by atoms with Gasteiger partial charge in [0.05, 0.1) is 41.5 Å². The van der Waals surface area contributed by atoms with E-state index in [9.17, 15) is 0 Å². The average molecular weight is 597 g/mol. The van der Waals surface area contributed by atoms with Crippen LogP contribution in [0.1, 0.15) is 16.0 Å². The number of fused-ring (bicyclic) bond motifs is 1. The molecule has 1 aliphatic rings. The standard InChI is InChI=1S/C31H29ClN6OSSi/c1-33-31-35-17-15-26(36-31)24-10-7-16-34-29(24)39-22-13-11-21(12-14-22)38-19-20-8-5-6-9-23(20)28(37-38)27-18-25(32)30(40-27)41(2,3)4/h5-18H,19H2,1-4H3,(H,33,35,36). The van der Waals surface area contributed by atoms with E-state index in [0.717, 1.165) is 38.1 Å². The Bertz CT molecular complexity index is 1750. The number of rotatable bonds is 7. The van der Waals surface area contributed by atoms with Gasteiger partial charge >= 0.3 is 0 Å². The zero-order valence-corrected chi connectivity index (χ0v) is 25.8. The number of halogens is 1. The van der Waals surface area contributed by atoms with Crippen molar-refractivity contribution >= 4 is 52.9 Å². The van der Waals surface area contributed by atoms with Crippen molar-refractivity contribution in [1.29, 1.82) is 0 Å². The lowest BCUT2D eigenvalue weighted by atomic mass is 10.00. The molecule has 1 aliphatic heterocycles. The van der Waals surface area contributed by atoms with Crippen molar-refractivity contribution in [3.05, 3.63) is 106 Å². The number of pyridine rings is 1. The third-order valence-corrected chi connectivity index (χ3v) is 12.0. The third-order valence-electron chi connectivity index (χ3n) is 6.69. The highest BCUT2D eigenvalue weighted by Crippen LogP contribution is 2.34. The van der Waals surface area contributed by atoms with Crippen LogP contribution in [0.25, 0.3) is 11.3 Å². The molecule has 0 aliphatic carbocycles. The van der Waals surface area contributed by atoms with Crippen LogP contribution in [0.5, 0.6) is 11.6 Å². The van der Waals surface area contributed by atoms with E-state index in [-0.39, 0.29) is 0 Å². The molecule has 1 N–H and O–H groups in total. The summed E-state index contributed by atoms with van der Waals surface area (Å²) >= 11 is 8.50. The lowest BCUT2D eigenvalue weighted by Crippen LogP contribution is -2.35. The molecular weight excluding hydrogens is 568 g/mol. The molecule has 7 nitrogen and oxygen atoms in total. The number of aromatic nitrogens is 3. The van der Waals surface area contributed by atoms with Crippen molar-refractivity contribution in [2.75, 3.05) is 17.4 Å². The van der Waals surface area contributed by atoms with Crippen LogP contribution < -0.4 is 19.6 Å². The van der Waals surface area contributed by atoms with E-state index in [1.54, 1.807) is 30.8 Å². The number of ether oxygens (including phenoxy) is 1. The summed E-state index contributed by atoms with van der Waals surface area (Å²) < 4.78 is 7.52. The average Bonchev–Trinajstić information content (AvgIpc) is 3.39. The first kappa shape index (κ1) is 27.1. The van der Waals surface area contributed by atoms with Gasteiger partial charge in [-0.2, -0.15) is 5.10 Å². The van der Waals surface area contributed by atoms with Gasteiger partial charge in [0.2, 0.25) is 11.8 Å². The first-order valence-corrected chi connectivity index (χ1v) is 18.0. The maximum atomic E-state index is 6.73. The van der Waals surface area contributed by atoms with Gasteiger partial charge in [0.1, 0.15) is 11.5 Å². The Morgan fingerprint density at radius 2 is 1.71 bits per heavy atom. The predicted molar refractivity (Wildman–Crippen MR) is 172 cm³/mol. The lowest BCUT2D eigenvalue weighted by Gasteiger charge is -2.27. The van der Waals surface area contributed by atoms with Crippen LogP contribution in [0.15, 0.2) is 90.3 Å². The van der Waals surface area contributed by atoms with E-state index in [1.165, 1.54) is 10.1 Å². The molecule has 10 heteroatoms. The summed E-state index contributed by atoms with van der Waals surface area (Å²) in [6.45, 7) is 7.64. The fourth-order valence-corrected chi connectivity index (χ4v) is 8.97. The Morgan fingerprint density at radius 1 is 0.927 bits per heavy atom. The van der Waals surface area contributed by atoms with Crippen LogP contribution in [0.2, 0.25) is 24.7 Å². The fourth-order valence-electron chi connectivity index (χ4n) is 4.68. The maximum absolute atomic E-state index is 6.73. The summed E-state index contributed by atoms with van der Waals surface area (Å²) in [5, 5.41) is 11.0. The molecule has 0 bridgehead atoms. The molecule has 0 amide bonds. The Balaban J connectivity index is 1.30. The molecular formula is C31H29ClN6OSSi. The van der Waals surface area contributed by atoms with Crippen molar-refractivity contribution in [2.45, 2.75) is 26.2 Å². The number of benzene rings is 2. The molecule has 4 heterocycles. The normalized spacial score (nSPS) is 13.0. The molecule has 0 saturated carbocycles. The molecule has 0 unspecified atom stereocenters. The second kappa shape index (κ2) is 11.1. The Labute approximate surface area is 249 Å². The molecule has 41 heavy (non-hydrogen) atoms. The minimum atomic E-state index is -1.57. The van der Waals surface area contributed by atoms with Crippen LogP contribution >= 0.6 is 22.9 Å². The number of hydrogen-bond donors (Lipinski definition) is 1. The van der Waals surface area contributed by atoms with Gasteiger partial charge in [0.15, 0.2) is 0 Å². The van der Waals surface area contributed by atoms with Crippen molar-refractivity contribution in [1.82, 2.24) is 15.0 Å². The topological polar surface area (TPSA) is 75.5 Å². The number of hydrazone groups is 1. The molecule has 0 spiro atoms. The minimum absolute atomic E-state index is 0.473. The second-order valence-corrected chi connectivity index (χ2v) is 17.5. The first-order chi connectivity index (χ1) is 19.8. The monoisotopic (exact) mass is 596 g/mol. The van der Waals surface area contributed by atoms with Gasteiger partial charge in [-0.3, -0.25) is 5.01 Å². The largest absolute Gasteiger partial charge is 0.438 e. The van der Waals surface area contributed by atoms with Crippen molar-refractivity contribution in [3.8, 4) is 22.9 Å². The fraction of sp³-hybridized carbons (Fsp3) is 0.161. The van der Waals surface area contributed by atoms with E-state index in [0.29, 0.717) is 24.1 Å². The molecule has 0 radical (unpaired) electrons. The van der Waals surface area contributed by atoms with E-state index in [1.807, 2.05) is 47.5 Å². The minimum Gasteiger partial charge on any atom is -0.438 e. The molecule has 0 fully saturated rings. The van der Waals surface area contributed by atoms with Gasteiger partial charge in [-0.05, 0) is 54.1 Å². The lowest BCUT2D eigenvalue weighted by molar-refractivity contribution is 0.464. The maximum Gasteiger partial charge on any atom is 0.228 e. The predicted octanol–water partition coefficient (Wildman–Crippen LogP) is 7.41. The SMILES string of the molecule is CNc1nccc(-c2cccnc2Oc2ccc(N3Cc4ccccc4C(c4cc(Cl)c([Si](C)(C)C)s4)=N3)cc2)n1. The summed E-state index contributed by atoms with van der Waals surface area (Å²) in [6, 6.07) is 24.1. The molecule has 2 aromatic carbocycles. The van der Waals surface area contributed by atoms with E-state index >= 15 is 0 Å².